The lowest BCUT2D eigenvalue weighted by Crippen LogP contribution is -2.42. The summed E-state index contributed by atoms with van der Waals surface area (Å²) in [5.41, 5.74) is 0. The quantitative estimate of drug-likeness (QED) is 0.798. The molecule has 1 saturated carbocycles. The van der Waals surface area contributed by atoms with E-state index >= 15 is 0 Å². The minimum Gasteiger partial charge on any atom is -0.395 e. The summed E-state index contributed by atoms with van der Waals surface area (Å²) in [6, 6.07) is 0.687. The molecule has 1 aliphatic carbocycles. The highest BCUT2D eigenvalue weighted by Gasteiger charge is 2.27. The lowest BCUT2D eigenvalue weighted by molar-refractivity contribution is 0.0964. The molecule has 2 heteroatoms. The Balaban J connectivity index is 2.62. The van der Waals surface area contributed by atoms with Crippen LogP contribution in [0.1, 0.15) is 52.4 Å². The predicted molar refractivity (Wildman–Crippen MR) is 69.5 cm³/mol. The molecule has 0 aliphatic heterocycles. The fraction of sp³-hybridized carbons (Fsp3) is 1.00. The second-order valence-corrected chi connectivity index (χ2v) is 5.67. The third-order valence-electron chi connectivity index (χ3n) is 4.16. The van der Waals surface area contributed by atoms with E-state index in [1.807, 2.05) is 0 Å². The molecule has 0 saturated heterocycles. The second-order valence-electron chi connectivity index (χ2n) is 5.67. The van der Waals surface area contributed by atoms with Gasteiger partial charge < -0.3 is 10.0 Å². The molecule has 1 rings (SSSR count). The fourth-order valence-electron chi connectivity index (χ4n) is 3.14. The van der Waals surface area contributed by atoms with Crippen LogP contribution in [0.5, 0.6) is 0 Å². The van der Waals surface area contributed by atoms with Gasteiger partial charge in [0, 0.05) is 12.6 Å². The first-order valence-electron chi connectivity index (χ1n) is 6.98. The van der Waals surface area contributed by atoms with E-state index in [0.717, 1.165) is 18.4 Å². The van der Waals surface area contributed by atoms with Crippen LogP contribution >= 0.6 is 0 Å². The van der Waals surface area contributed by atoms with Crippen molar-refractivity contribution in [2.24, 2.45) is 11.8 Å². The van der Waals surface area contributed by atoms with Crippen molar-refractivity contribution in [3.05, 3.63) is 0 Å². The van der Waals surface area contributed by atoms with Gasteiger partial charge in [0.25, 0.3) is 0 Å². The van der Waals surface area contributed by atoms with Crippen LogP contribution in [0.15, 0.2) is 0 Å². The van der Waals surface area contributed by atoms with Gasteiger partial charge in [-0.2, -0.15) is 0 Å². The number of hydrogen-bond donors (Lipinski definition) is 1. The number of nitrogens with zero attached hydrogens (tertiary/aromatic N) is 1. The van der Waals surface area contributed by atoms with Crippen LogP contribution in [0.3, 0.4) is 0 Å². The van der Waals surface area contributed by atoms with Gasteiger partial charge in [-0.1, -0.05) is 39.5 Å². The Morgan fingerprint density at radius 2 is 1.75 bits per heavy atom. The first-order valence-corrected chi connectivity index (χ1v) is 6.98. The van der Waals surface area contributed by atoms with Gasteiger partial charge in [-0.3, -0.25) is 0 Å². The van der Waals surface area contributed by atoms with Crippen molar-refractivity contribution in [1.82, 2.24) is 4.90 Å². The van der Waals surface area contributed by atoms with E-state index in [4.69, 9.17) is 5.11 Å². The van der Waals surface area contributed by atoms with E-state index in [2.05, 4.69) is 25.8 Å². The van der Waals surface area contributed by atoms with E-state index in [0.29, 0.717) is 6.04 Å². The highest BCUT2D eigenvalue weighted by molar-refractivity contribution is 4.81. The van der Waals surface area contributed by atoms with Crippen molar-refractivity contribution in [1.29, 1.82) is 0 Å². The van der Waals surface area contributed by atoms with Crippen LogP contribution in [0.2, 0.25) is 0 Å². The summed E-state index contributed by atoms with van der Waals surface area (Å²) in [5, 5.41) is 9.08. The van der Waals surface area contributed by atoms with Gasteiger partial charge in [0.15, 0.2) is 0 Å². The zero-order chi connectivity index (χ0) is 12.0. The first kappa shape index (κ1) is 14.0. The summed E-state index contributed by atoms with van der Waals surface area (Å²) in [7, 11) is 2.18. The highest BCUT2D eigenvalue weighted by atomic mass is 16.3. The molecule has 0 radical (unpaired) electrons. The molecule has 0 amide bonds. The Morgan fingerprint density at radius 1 is 1.12 bits per heavy atom. The van der Waals surface area contributed by atoms with E-state index < -0.39 is 0 Å². The number of likely N-dealkylation sites (N-methyl/N-ethyl adjacent to an activating group) is 1. The molecule has 1 N–H and O–H groups in total. The molecule has 2 unspecified atom stereocenters. The molecule has 0 bridgehead atoms. The summed E-state index contributed by atoms with van der Waals surface area (Å²) >= 11 is 0. The summed E-state index contributed by atoms with van der Waals surface area (Å²) < 4.78 is 0. The van der Waals surface area contributed by atoms with Gasteiger partial charge in [-0.25, -0.2) is 0 Å². The summed E-state index contributed by atoms with van der Waals surface area (Å²) in [6.07, 6.45) is 8.27. The average Bonchev–Trinajstić information content (AvgIpc) is 2.16. The van der Waals surface area contributed by atoms with Crippen LogP contribution < -0.4 is 0 Å². The van der Waals surface area contributed by atoms with Crippen molar-refractivity contribution in [3.63, 3.8) is 0 Å². The zero-order valence-corrected chi connectivity index (χ0v) is 11.3. The number of hydrogen-bond acceptors (Lipinski definition) is 2. The summed E-state index contributed by atoms with van der Waals surface area (Å²) in [4.78, 5) is 2.38. The van der Waals surface area contributed by atoms with Gasteiger partial charge in [-0.05, 0) is 31.7 Å². The standard InChI is InChI=1S/C14H29NO/c1-12(2)13-8-6-4-5-7-9-14(13)15(3)10-11-16/h12-14,16H,4-11H2,1-3H3. The van der Waals surface area contributed by atoms with Gasteiger partial charge >= 0.3 is 0 Å². The molecule has 2 nitrogen and oxygen atoms in total. The number of aliphatic hydroxyl groups excluding tert-OH is 1. The van der Waals surface area contributed by atoms with Crippen LogP contribution in [0, 0.1) is 11.8 Å². The Morgan fingerprint density at radius 3 is 2.31 bits per heavy atom. The molecule has 0 heterocycles. The molecule has 0 aromatic rings. The molecule has 0 aromatic heterocycles. The lowest BCUT2D eigenvalue weighted by Gasteiger charge is -2.38. The molecule has 0 spiro atoms. The van der Waals surface area contributed by atoms with E-state index in [9.17, 15) is 0 Å². The molecule has 0 aromatic carbocycles. The third-order valence-corrected chi connectivity index (χ3v) is 4.16. The summed E-state index contributed by atoms with van der Waals surface area (Å²) in [5.74, 6) is 1.58. The van der Waals surface area contributed by atoms with Crippen LogP contribution in [-0.2, 0) is 0 Å². The molecular formula is C14H29NO. The molecule has 1 fully saturated rings. The first-order chi connectivity index (χ1) is 7.66. The Kier molecular flexibility index (Phi) is 6.37. The third kappa shape index (κ3) is 4.06. The molecule has 96 valence electrons. The fourth-order valence-corrected chi connectivity index (χ4v) is 3.14. The minimum atomic E-state index is 0.289. The van der Waals surface area contributed by atoms with Crippen molar-refractivity contribution < 1.29 is 5.11 Å². The maximum absolute atomic E-state index is 9.08. The molecule has 16 heavy (non-hydrogen) atoms. The van der Waals surface area contributed by atoms with Crippen molar-refractivity contribution in [2.75, 3.05) is 20.2 Å². The minimum absolute atomic E-state index is 0.289. The Labute approximate surface area is 101 Å². The maximum Gasteiger partial charge on any atom is 0.0558 e. The second kappa shape index (κ2) is 7.29. The Hall–Kier alpha value is -0.0800. The molecular weight excluding hydrogens is 198 g/mol. The Bertz CT molecular complexity index is 182. The monoisotopic (exact) mass is 227 g/mol. The van der Waals surface area contributed by atoms with Gasteiger partial charge in [0.2, 0.25) is 0 Å². The van der Waals surface area contributed by atoms with Crippen LogP contribution in [-0.4, -0.2) is 36.2 Å². The van der Waals surface area contributed by atoms with Crippen LogP contribution in [0.25, 0.3) is 0 Å². The van der Waals surface area contributed by atoms with Crippen molar-refractivity contribution in [2.45, 2.75) is 58.4 Å². The van der Waals surface area contributed by atoms with E-state index in [1.165, 1.54) is 38.5 Å². The SMILES string of the molecule is CC(C)C1CCCCCCC1N(C)CCO. The molecule has 1 aliphatic rings. The lowest BCUT2D eigenvalue weighted by atomic mass is 9.79. The number of rotatable bonds is 4. The largest absolute Gasteiger partial charge is 0.395 e. The molecule has 2 atom stereocenters. The van der Waals surface area contributed by atoms with E-state index in [-0.39, 0.29) is 6.61 Å². The van der Waals surface area contributed by atoms with Gasteiger partial charge in [0.1, 0.15) is 0 Å². The van der Waals surface area contributed by atoms with E-state index in [1.54, 1.807) is 0 Å². The normalized spacial score (nSPS) is 28.1. The van der Waals surface area contributed by atoms with Gasteiger partial charge in [-0.15, -0.1) is 0 Å². The zero-order valence-electron chi connectivity index (χ0n) is 11.3. The topological polar surface area (TPSA) is 23.5 Å². The highest BCUT2D eigenvalue weighted by Crippen LogP contribution is 2.31. The number of aliphatic hydroxyl groups is 1. The van der Waals surface area contributed by atoms with Crippen molar-refractivity contribution >= 4 is 0 Å². The predicted octanol–water partition coefficient (Wildman–Crippen LogP) is 2.91. The van der Waals surface area contributed by atoms with Crippen molar-refractivity contribution in [3.8, 4) is 0 Å². The van der Waals surface area contributed by atoms with Crippen LogP contribution in [0.4, 0.5) is 0 Å². The summed E-state index contributed by atoms with van der Waals surface area (Å²) in [6.45, 7) is 5.82. The smallest absolute Gasteiger partial charge is 0.0558 e. The van der Waals surface area contributed by atoms with Gasteiger partial charge in [0.05, 0.1) is 6.61 Å². The average molecular weight is 227 g/mol. The maximum atomic E-state index is 9.08.